The third-order valence-corrected chi connectivity index (χ3v) is 6.58. The van der Waals surface area contributed by atoms with Crippen molar-refractivity contribution in [2.45, 2.75) is 13.8 Å². The van der Waals surface area contributed by atoms with E-state index in [1.165, 1.54) is 11.3 Å². The molecule has 0 amide bonds. The zero-order valence-electron chi connectivity index (χ0n) is 17.2. The highest BCUT2D eigenvalue weighted by atomic mass is 35.5. The molecule has 0 saturated heterocycles. The number of nitrogens with two attached hydrogens (primary N) is 1. The molecule has 2 N–H and O–H groups in total. The van der Waals surface area contributed by atoms with Crippen LogP contribution in [0.4, 0.5) is 5.69 Å². The molecule has 0 bridgehead atoms. The molecular formula is C24H18Cl2N2O3S. The van der Waals surface area contributed by atoms with E-state index in [4.69, 9.17) is 33.7 Å². The van der Waals surface area contributed by atoms with Gasteiger partial charge in [-0.1, -0.05) is 35.3 Å². The highest BCUT2D eigenvalue weighted by Gasteiger charge is 2.27. The Morgan fingerprint density at radius 2 is 1.62 bits per heavy atom. The van der Waals surface area contributed by atoms with Crippen LogP contribution in [-0.2, 0) is 4.74 Å². The number of nitrogens with zero attached hydrogens (tertiary/aromatic N) is 1. The molecule has 162 valence electrons. The summed E-state index contributed by atoms with van der Waals surface area (Å²) in [5.74, 6) is -0.736. The van der Waals surface area contributed by atoms with Crippen LogP contribution < -0.4 is 5.73 Å². The van der Waals surface area contributed by atoms with E-state index in [-0.39, 0.29) is 18.1 Å². The molecule has 0 radical (unpaired) electrons. The Morgan fingerprint density at radius 1 is 1.03 bits per heavy atom. The van der Waals surface area contributed by atoms with Gasteiger partial charge < -0.3 is 10.5 Å². The van der Waals surface area contributed by atoms with E-state index in [0.717, 1.165) is 5.56 Å². The van der Waals surface area contributed by atoms with Gasteiger partial charge in [0.25, 0.3) is 0 Å². The van der Waals surface area contributed by atoms with Gasteiger partial charge in [-0.25, -0.2) is 9.78 Å². The van der Waals surface area contributed by atoms with Gasteiger partial charge in [0, 0.05) is 26.6 Å². The Morgan fingerprint density at radius 3 is 2.22 bits per heavy atom. The summed E-state index contributed by atoms with van der Waals surface area (Å²) < 4.78 is 5.30. The fourth-order valence-corrected chi connectivity index (χ4v) is 4.89. The maximum absolute atomic E-state index is 13.2. The Balaban J connectivity index is 2.01. The minimum atomic E-state index is -0.500. The first-order chi connectivity index (χ1) is 15.3. The molecule has 0 atom stereocenters. The fourth-order valence-electron chi connectivity index (χ4n) is 3.53. The van der Waals surface area contributed by atoms with Crippen molar-refractivity contribution >= 4 is 62.2 Å². The van der Waals surface area contributed by atoms with E-state index in [2.05, 4.69) is 4.98 Å². The molecule has 0 aliphatic heterocycles. The van der Waals surface area contributed by atoms with Gasteiger partial charge in [0.2, 0.25) is 5.78 Å². The van der Waals surface area contributed by atoms with E-state index in [1.54, 1.807) is 62.4 Å². The van der Waals surface area contributed by atoms with Crippen LogP contribution in [0.1, 0.15) is 38.2 Å². The van der Waals surface area contributed by atoms with Gasteiger partial charge in [0.1, 0.15) is 9.71 Å². The SMILES string of the molecule is CCOC(=O)c1c(C)nc2sc(C(=O)c3ccc(Cl)cc3)c(N)c2c1-c1ccc(Cl)cc1. The number of aromatic nitrogens is 1. The minimum absolute atomic E-state index is 0.218. The number of fused-ring (bicyclic) bond motifs is 1. The van der Waals surface area contributed by atoms with Crippen molar-refractivity contribution in [1.29, 1.82) is 0 Å². The Kier molecular flexibility index (Phi) is 6.20. The van der Waals surface area contributed by atoms with E-state index >= 15 is 0 Å². The van der Waals surface area contributed by atoms with Crippen LogP contribution in [0, 0.1) is 6.92 Å². The molecule has 0 aliphatic carbocycles. The van der Waals surface area contributed by atoms with Crippen molar-refractivity contribution in [3.8, 4) is 11.1 Å². The second-order valence-corrected chi connectivity index (χ2v) is 8.91. The number of pyridine rings is 1. The molecule has 4 aromatic rings. The number of benzene rings is 2. The van der Waals surface area contributed by atoms with Gasteiger partial charge in [-0.3, -0.25) is 4.79 Å². The van der Waals surface area contributed by atoms with Crippen LogP contribution in [0.3, 0.4) is 0 Å². The Hall–Kier alpha value is -2.93. The predicted octanol–water partition coefficient (Wildman–Crippen LogP) is 6.57. The van der Waals surface area contributed by atoms with Crippen LogP contribution in [0.2, 0.25) is 10.0 Å². The van der Waals surface area contributed by atoms with Crippen molar-refractivity contribution in [1.82, 2.24) is 4.98 Å². The summed E-state index contributed by atoms with van der Waals surface area (Å²) in [7, 11) is 0. The summed E-state index contributed by atoms with van der Waals surface area (Å²) in [5, 5.41) is 1.64. The van der Waals surface area contributed by atoms with E-state index < -0.39 is 5.97 Å². The van der Waals surface area contributed by atoms with Crippen LogP contribution in [0.5, 0.6) is 0 Å². The molecule has 0 fully saturated rings. The third-order valence-electron chi connectivity index (χ3n) is 4.98. The molecule has 32 heavy (non-hydrogen) atoms. The predicted molar refractivity (Wildman–Crippen MR) is 130 cm³/mol. The highest BCUT2D eigenvalue weighted by Crippen LogP contribution is 2.43. The maximum Gasteiger partial charge on any atom is 0.340 e. The number of hydrogen-bond acceptors (Lipinski definition) is 6. The number of carbonyl (C=O) groups excluding carboxylic acids is 2. The summed E-state index contributed by atoms with van der Waals surface area (Å²) in [6.07, 6.45) is 0. The first-order valence-corrected chi connectivity index (χ1v) is 11.3. The van der Waals surface area contributed by atoms with E-state index in [1.807, 2.05) is 0 Å². The molecule has 0 spiro atoms. The average molecular weight is 485 g/mol. The van der Waals surface area contributed by atoms with Crippen molar-refractivity contribution in [2.24, 2.45) is 0 Å². The molecule has 0 aliphatic rings. The Labute approximate surface area is 198 Å². The quantitative estimate of drug-likeness (QED) is 0.255. The summed E-state index contributed by atoms with van der Waals surface area (Å²) in [6.45, 7) is 3.69. The second kappa shape index (κ2) is 8.90. The van der Waals surface area contributed by atoms with Crippen molar-refractivity contribution in [2.75, 3.05) is 12.3 Å². The number of esters is 1. The number of hydrogen-bond donors (Lipinski definition) is 1. The van der Waals surface area contributed by atoms with Gasteiger partial charge in [-0.05, 0) is 55.8 Å². The zero-order valence-corrected chi connectivity index (χ0v) is 19.6. The van der Waals surface area contributed by atoms with Gasteiger partial charge in [0.05, 0.1) is 23.6 Å². The summed E-state index contributed by atoms with van der Waals surface area (Å²) in [6, 6.07) is 13.7. The summed E-state index contributed by atoms with van der Waals surface area (Å²) in [4.78, 5) is 31.6. The maximum atomic E-state index is 13.2. The number of anilines is 1. The molecular weight excluding hydrogens is 467 g/mol. The van der Waals surface area contributed by atoms with Gasteiger partial charge in [-0.2, -0.15) is 0 Å². The standard InChI is InChI=1S/C24H18Cl2N2O3S/c1-3-31-24(30)17-12(2)28-23-19(18(17)13-4-8-15(25)9-5-13)20(27)22(32-23)21(29)14-6-10-16(26)11-7-14/h4-11H,3,27H2,1-2H3. The monoisotopic (exact) mass is 484 g/mol. The first kappa shape index (κ1) is 22.3. The van der Waals surface area contributed by atoms with Crippen molar-refractivity contribution in [3.05, 3.63) is 80.3 Å². The zero-order chi connectivity index (χ0) is 23.0. The number of ether oxygens (including phenoxy) is 1. The third kappa shape index (κ3) is 3.97. The largest absolute Gasteiger partial charge is 0.462 e. The highest BCUT2D eigenvalue weighted by molar-refractivity contribution is 7.21. The molecule has 0 saturated carbocycles. The summed E-state index contributed by atoms with van der Waals surface area (Å²) in [5.41, 5.74) is 9.36. The van der Waals surface area contributed by atoms with E-state index in [0.29, 0.717) is 47.5 Å². The van der Waals surface area contributed by atoms with E-state index in [9.17, 15) is 9.59 Å². The molecule has 8 heteroatoms. The van der Waals surface area contributed by atoms with Crippen LogP contribution in [-0.4, -0.2) is 23.3 Å². The summed E-state index contributed by atoms with van der Waals surface area (Å²) >= 11 is 13.2. The lowest BCUT2D eigenvalue weighted by atomic mass is 9.95. The van der Waals surface area contributed by atoms with Gasteiger partial charge in [-0.15, -0.1) is 11.3 Å². The first-order valence-electron chi connectivity index (χ1n) is 9.77. The Bertz CT molecular complexity index is 1350. The molecule has 5 nitrogen and oxygen atoms in total. The number of rotatable bonds is 5. The minimum Gasteiger partial charge on any atom is -0.462 e. The average Bonchev–Trinajstić information content (AvgIpc) is 3.09. The molecule has 2 aromatic carbocycles. The topological polar surface area (TPSA) is 82.3 Å². The number of carbonyl (C=O) groups is 2. The molecule has 4 rings (SSSR count). The lowest BCUT2D eigenvalue weighted by Gasteiger charge is -2.14. The molecule has 2 aromatic heterocycles. The lowest BCUT2D eigenvalue weighted by Crippen LogP contribution is -2.10. The fraction of sp³-hybridized carbons (Fsp3) is 0.125. The second-order valence-electron chi connectivity index (χ2n) is 7.04. The van der Waals surface area contributed by atoms with Crippen molar-refractivity contribution < 1.29 is 14.3 Å². The number of halogens is 2. The van der Waals surface area contributed by atoms with Crippen LogP contribution >= 0.6 is 34.5 Å². The normalized spacial score (nSPS) is 11.0. The lowest BCUT2D eigenvalue weighted by molar-refractivity contribution is 0.0526. The molecule has 2 heterocycles. The van der Waals surface area contributed by atoms with Gasteiger partial charge >= 0.3 is 5.97 Å². The number of nitrogen functional groups attached to an aromatic ring is 1. The van der Waals surface area contributed by atoms with Gasteiger partial charge in [0.15, 0.2) is 0 Å². The molecule has 0 unspecified atom stereocenters. The number of aryl methyl sites for hydroxylation is 1. The van der Waals surface area contributed by atoms with Crippen LogP contribution in [0.25, 0.3) is 21.3 Å². The smallest absolute Gasteiger partial charge is 0.340 e. The number of thiophene rings is 1. The van der Waals surface area contributed by atoms with Crippen molar-refractivity contribution in [3.63, 3.8) is 0 Å². The van der Waals surface area contributed by atoms with Crippen LogP contribution in [0.15, 0.2) is 48.5 Å². The number of ketones is 1.